The monoisotopic (exact) mass is 580 g/mol. The van der Waals surface area contributed by atoms with Crippen molar-refractivity contribution in [2.24, 2.45) is 0 Å². The molecular weight excluding hydrogens is 548 g/mol. The normalized spacial score (nSPS) is 14.2. The first-order valence-electron chi connectivity index (χ1n) is 13.1. The first kappa shape index (κ1) is 29.2. The quantitative estimate of drug-likeness (QED) is 0.283. The minimum Gasteiger partial charge on any atom is -0.481 e. The van der Waals surface area contributed by atoms with Gasteiger partial charge in [0.1, 0.15) is 4.21 Å². The third-order valence-corrected chi connectivity index (χ3v) is 9.59. The van der Waals surface area contributed by atoms with Gasteiger partial charge in [0, 0.05) is 18.4 Å². The van der Waals surface area contributed by atoms with Gasteiger partial charge in [-0.25, -0.2) is 8.42 Å². The van der Waals surface area contributed by atoms with Crippen molar-refractivity contribution in [3.63, 3.8) is 0 Å². The van der Waals surface area contributed by atoms with Gasteiger partial charge in [0.15, 0.2) is 9.84 Å². The fourth-order valence-electron chi connectivity index (χ4n) is 4.60. The Hall–Kier alpha value is -3.76. The number of carboxylic acid groups (broad SMARTS) is 1. The maximum absolute atomic E-state index is 13.5. The summed E-state index contributed by atoms with van der Waals surface area (Å²) in [6, 6.07) is 18.0. The van der Waals surface area contributed by atoms with E-state index in [9.17, 15) is 22.8 Å². The second-order valence-electron chi connectivity index (χ2n) is 9.83. The van der Waals surface area contributed by atoms with Crippen LogP contribution in [-0.2, 0) is 25.8 Å². The van der Waals surface area contributed by atoms with E-state index in [1.54, 1.807) is 30.3 Å². The lowest BCUT2D eigenvalue weighted by Gasteiger charge is -2.19. The molecule has 0 saturated heterocycles. The topological polar surface area (TPSA) is 130 Å². The van der Waals surface area contributed by atoms with Crippen molar-refractivity contribution in [1.82, 2.24) is 5.32 Å². The van der Waals surface area contributed by atoms with Crippen LogP contribution in [0.25, 0.3) is 5.57 Å². The van der Waals surface area contributed by atoms with E-state index in [2.05, 4.69) is 16.7 Å². The minimum absolute atomic E-state index is 0.0365. The van der Waals surface area contributed by atoms with E-state index in [1.165, 1.54) is 24.5 Å². The van der Waals surface area contributed by atoms with E-state index in [0.29, 0.717) is 17.0 Å². The molecule has 1 aromatic heterocycles. The van der Waals surface area contributed by atoms with Crippen LogP contribution in [0.3, 0.4) is 0 Å². The van der Waals surface area contributed by atoms with E-state index < -0.39 is 21.7 Å². The van der Waals surface area contributed by atoms with Crippen LogP contribution in [0.5, 0.6) is 0 Å². The minimum atomic E-state index is -3.38. The van der Waals surface area contributed by atoms with Gasteiger partial charge < -0.3 is 15.7 Å². The summed E-state index contributed by atoms with van der Waals surface area (Å²) < 4.78 is 24.0. The van der Waals surface area contributed by atoms with Crippen LogP contribution < -0.4 is 10.6 Å². The predicted octanol–water partition coefficient (Wildman–Crippen LogP) is 5.28. The second-order valence-corrected chi connectivity index (χ2v) is 13.2. The summed E-state index contributed by atoms with van der Waals surface area (Å²) in [4.78, 5) is 36.5. The van der Waals surface area contributed by atoms with Crippen molar-refractivity contribution >= 4 is 49.5 Å². The molecule has 0 spiro atoms. The molecule has 3 aromatic rings. The summed E-state index contributed by atoms with van der Waals surface area (Å²) in [6.07, 6.45) is 8.10. The number of amides is 2. The molecule has 4 rings (SSSR count). The number of anilines is 1. The SMILES string of the molecule is CS(=O)(=O)c1ccc(NC(=O)C(Cc2ccc(C(=O)NCCC(=O)O)cc2)c2ccc(C3=CCCCC3)cc2)s1. The molecule has 1 heterocycles. The molecule has 1 aliphatic carbocycles. The molecule has 1 aliphatic rings. The second kappa shape index (κ2) is 13.1. The third kappa shape index (κ3) is 7.89. The Morgan fingerprint density at radius 3 is 2.30 bits per heavy atom. The highest BCUT2D eigenvalue weighted by molar-refractivity contribution is 7.92. The van der Waals surface area contributed by atoms with Crippen LogP contribution in [0.2, 0.25) is 0 Å². The lowest BCUT2D eigenvalue weighted by molar-refractivity contribution is -0.136. The first-order chi connectivity index (χ1) is 19.1. The number of carbonyl (C=O) groups excluding carboxylic acids is 2. The van der Waals surface area contributed by atoms with E-state index in [1.807, 2.05) is 24.3 Å². The zero-order valence-electron chi connectivity index (χ0n) is 22.2. The zero-order chi connectivity index (χ0) is 28.7. The number of hydrogen-bond donors (Lipinski definition) is 3. The number of aliphatic carboxylic acids is 1. The van der Waals surface area contributed by atoms with Crippen LogP contribution in [0, 0.1) is 0 Å². The first-order valence-corrected chi connectivity index (χ1v) is 15.8. The molecule has 0 bridgehead atoms. The summed E-state index contributed by atoms with van der Waals surface area (Å²) in [6.45, 7) is 0.0365. The summed E-state index contributed by atoms with van der Waals surface area (Å²) in [5.41, 5.74) is 4.53. The Morgan fingerprint density at radius 2 is 1.70 bits per heavy atom. The molecule has 8 nitrogen and oxygen atoms in total. The molecule has 0 radical (unpaired) electrons. The van der Waals surface area contributed by atoms with Gasteiger partial charge in [-0.3, -0.25) is 14.4 Å². The maximum Gasteiger partial charge on any atom is 0.305 e. The van der Waals surface area contributed by atoms with Crippen LogP contribution >= 0.6 is 11.3 Å². The van der Waals surface area contributed by atoms with Crippen LogP contribution in [0.15, 0.2) is 70.9 Å². The smallest absolute Gasteiger partial charge is 0.305 e. The number of nitrogens with one attached hydrogen (secondary N) is 2. The lowest BCUT2D eigenvalue weighted by Crippen LogP contribution is -2.26. The Kier molecular flexibility index (Phi) is 9.54. The summed E-state index contributed by atoms with van der Waals surface area (Å²) >= 11 is 1.01. The van der Waals surface area contributed by atoms with Crippen molar-refractivity contribution < 1.29 is 27.9 Å². The number of hydrogen-bond acceptors (Lipinski definition) is 6. The van der Waals surface area contributed by atoms with Crippen LogP contribution in [-0.4, -0.2) is 44.1 Å². The lowest BCUT2D eigenvalue weighted by atomic mass is 9.88. The third-order valence-electron chi connectivity index (χ3n) is 6.76. The Labute approximate surface area is 238 Å². The Bertz CT molecular complexity index is 1510. The van der Waals surface area contributed by atoms with Gasteiger partial charge in [0.25, 0.3) is 5.91 Å². The predicted molar refractivity (Wildman–Crippen MR) is 156 cm³/mol. The Morgan fingerprint density at radius 1 is 0.975 bits per heavy atom. The number of carboxylic acids is 1. The highest BCUT2D eigenvalue weighted by Crippen LogP contribution is 2.31. The molecule has 1 unspecified atom stereocenters. The van der Waals surface area contributed by atoms with Crippen molar-refractivity contribution in [1.29, 1.82) is 0 Å². The molecule has 0 saturated carbocycles. The fraction of sp³-hybridized carbons (Fsp3) is 0.300. The van der Waals surface area contributed by atoms with E-state index in [0.717, 1.165) is 47.1 Å². The van der Waals surface area contributed by atoms with Crippen LogP contribution in [0.4, 0.5) is 5.00 Å². The molecule has 2 aromatic carbocycles. The van der Waals surface area contributed by atoms with Gasteiger partial charge in [-0.1, -0.05) is 42.5 Å². The summed E-state index contributed by atoms with van der Waals surface area (Å²) in [5.74, 6) is -2.18. The van der Waals surface area contributed by atoms with E-state index in [4.69, 9.17) is 5.11 Å². The molecule has 2 amide bonds. The van der Waals surface area contributed by atoms with Gasteiger partial charge in [0.2, 0.25) is 5.91 Å². The molecule has 0 fully saturated rings. The van der Waals surface area contributed by atoms with Gasteiger partial charge in [-0.05, 0) is 78.6 Å². The molecule has 210 valence electrons. The highest BCUT2D eigenvalue weighted by Gasteiger charge is 2.23. The van der Waals surface area contributed by atoms with Crippen molar-refractivity contribution in [2.75, 3.05) is 18.1 Å². The fourth-order valence-corrected chi connectivity index (χ4v) is 6.43. The molecular formula is C30H32N2O6S2. The molecule has 10 heteroatoms. The Balaban J connectivity index is 1.54. The van der Waals surface area contributed by atoms with Gasteiger partial charge in [-0.2, -0.15) is 0 Å². The van der Waals surface area contributed by atoms with Gasteiger partial charge >= 0.3 is 5.97 Å². The zero-order valence-corrected chi connectivity index (χ0v) is 23.8. The largest absolute Gasteiger partial charge is 0.481 e. The van der Waals surface area contributed by atoms with Crippen molar-refractivity contribution in [3.8, 4) is 0 Å². The number of thiophene rings is 1. The number of allylic oxidation sites excluding steroid dienone is 2. The average molecular weight is 581 g/mol. The summed E-state index contributed by atoms with van der Waals surface area (Å²) in [5, 5.41) is 14.7. The number of sulfone groups is 1. The maximum atomic E-state index is 13.5. The molecule has 0 aliphatic heterocycles. The van der Waals surface area contributed by atoms with E-state index >= 15 is 0 Å². The summed E-state index contributed by atoms with van der Waals surface area (Å²) in [7, 11) is -3.38. The van der Waals surface area contributed by atoms with Gasteiger partial charge in [-0.15, -0.1) is 11.3 Å². The molecule has 3 N–H and O–H groups in total. The van der Waals surface area contributed by atoms with Crippen molar-refractivity contribution in [2.45, 2.75) is 48.7 Å². The molecule has 1 atom stereocenters. The number of carbonyl (C=O) groups is 3. The number of rotatable bonds is 11. The average Bonchev–Trinajstić information content (AvgIpc) is 3.41. The van der Waals surface area contributed by atoms with Crippen LogP contribution in [0.1, 0.15) is 65.1 Å². The highest BCUT2D eigenvalue weighted by atomic mass is 32.2. The molecule has 40 heavy (non-hydrogen) atoms. The van der Waals surface area contributed by atoms with Crippen molar-refractivity contribution in [3.05, 3.63) is 89.0 Å². The van der Waals surface area contributed by atoms with E-state index in [-0.39, 0.29) is 29.0 Å². The van der Waals surface area contributed by atoms with Gasteiger partial charge in [0.05, 0.1) is 17.3 Å². The standard InChI is InChI=1S/C30H32N2O6S2/c1-40(37,38)28-16-15-26(39-28)32-30(36)25(23-13-11-22(12-14-23)21-5-3-2-4-6-21)19-20-7-9-24(10-8-20)29(35)31-18-17-27(33)34/h5,7-16,25H,2-4,6,17-19H2,1H3,(H,31,35)(H,32,36)(H,33,34). The number of benzene rings is 2.